The second kappa shape index (κ2) is 9.43. The molecule has 3 aliphatic rings. The van der Waals surface area contributed by atoms with Gasteiger partial charge in [-0.15, -0.1) is 0 Å². The molecule has 0 aromatic heterocycles. The predicted molar refractivity (Wildman–Crippen MR) is 144 cm³/mol. The summed E-state index contributed by atoms with van der Waals surface area (Å²) in [5.74, 6) is -2.36. The van der Waals surface area contributed by atoms with Crippen LogP contribution in [-0.4, -0.2) is 52.2 Å². The number of amides is 2. The molecule has 3 aromatic rings. The number of fused-ring (bicyclic) bond motifs is 2. The van der Waals surface area contributed by atoms with E-state index in [9.17, 15) is 14.4 Å². The molecular weight excluding hydrogens is 498 g/mol. The number of hydrogen-bond donors (Lipinski definition) is 1. The van der Waals surface area contributed by atoms with E-state index in [0.717, 1.165) is 11.3 Å². The van der Waals surface area contributed by atoms with Crippen molar-refractivity contribution in [3.63, 3.8) is 0 Å². The number of anilines is 2. The van der Waals surface area contributed by atoms with Gasteiger partial charge in [-0.2, -0.15) is 0 Å². The molecule has 3 heterocycles. The van der Waals surface area contributed by atoms with Crippen molar-refractivity contribution < 1.29 is 28.6 Å². The monoisotopic (exact) mass is 527 g/mol. The molecule has 2 amide bonds. The average Bonchev–Trinajstić information content (AvgIpc) is 3.46. The molecule has 39 heavy (non-hydrogen) atoms. The summed E-state index contributed by atoms with van der Waals surface area (Å²) in [5.41, 5.74) is 1.15. The van der Waals surface area contributed by atoms with Gasteiger partial charge in [0, 0.05) is 31.9 Å². The number of esters is 1. The number of benzene rings is 3. The van der Waals surface area contributed by atoms with E-state index in [2.05, 4.69) is 5.32 Å². The number of imide groups is 1. The highest BCUT2D eigenvalue weighted by Crippen LogP contribution is 2.54. The normalized spacial score (nSPS) is 25.4. The summed E-state index contributed by atoms with van der Waals surface area (Å²) in [6, 6.07) is 21.1. The summed E-state index contributed by atoms with van der Waals surface area (Å²) in [6.45, 7) is 0.800. The van der Waals surface area contributed by atoms with Gasteiger partial charge in [-0.25, -0.2) is 9.69 Å². The highest BCUT2D eigenvalue weighted by molar-refractivity contribution is 6.24. The Bertz CT molecular complexity index is 1440. The first-order valence-corrected chi connectivity index (χ1v) is 12.8. The minimum absolute atomic E-state index is 0.372. The smallest absolute Gasteiger partial charge is 0.331 e. The molecule has 0 bridgehead atoms. The van der Waals surface area contributed by atoms with E-state index in [1.807, 2.05) is 49.3 Å². The molecule has 3 aromatic carbocycles. The third-order valence-electron chi connectivity index (χ3n) is 7.85. The van der Waals surface area contributed by atoms with Crippen LogP contribution in [0.15, 0.2) is 72.8 Å². The van der Waals surface area contributed by atoms with Gasteiger partial charge in [-0.05, 0) is 35.4 Å². The van der Waals surface area contributed by atoms with Crippen molar-refractivity contribution in [3.05, 3.63) is 83.9 Å². The number of hydrogen-bond acceptors (Lipinski definition) is 8. The summed E-state index contributed by atoms with van der Waals surface area (Å²) in [5, 5.41) is 3.42. The van der Waals surface area contributed by atoms with E-state index in [1.165, 1.54) is 12.0 Å². The van der Waals surface area contributed by atoms with Crippen LogP contribution >= 0.6 is 0 Å². The number of carbonyl (C=O) groups excluding carboxylic acids is 3. The van der Waals surface area contributed by atoms with Crippen LogP contribution in [0.5, 0.6) is 11.5 Å². The van der Waals surface area contributed by atoms with E-state index in [4.69, 9.17) is 14.2 Å². The molecule has 0 unspecified atom stereocenters. The van der Waals surface area contributed by atoms with Crippen LogP contribution in [0.3, 0.4) is 0 Å². The Hall–Kier alpha value is -4.37. The zero-order valence-electron chi connectivity index (χ0n) is 21.9. The molecule has 9 nitrogen and oxygen atoms in total. The molecule has 0 spiro atoms. The van der Waals surface area contributed by atoms with E-state index in [-0.39, 0.29) is 0 Å². The maximum Gasteiger partial charge on any atom is 0.331 e. The third kappa shape index (κ3) is 3.76. The van der Waals surface area contributed by atoms with Crippen LogP contribution in [0.25, 0.3) is 0 Å². The van der Waals surface area contributed by atoms with Crippen LogP contribution < -0.4 is 24.6 Å². The first-order valence-electron chi connectivity index (χ1n) is 12.8. The Morgan fingerprint density at radius 2 is 1.64 bits per heavy atom. The number of rotatable bonds is 5. The largest absolute Gasteiger partial charge is 0.486 e. The Balaban J connectivity index is 1.51. The number of carbonyl (C=O) groups is 3. The van der Waals surface area contributed by atoms with Crippen molar-refractivity contribution >= 4 is 29.2 Å². The van der Waals surface area contributed by atoms with Crippen molar-refractivity contribution in [2.45, 2.75) is 11.6 Å². The molecule has 2 fully saturated rings. The highest BCUT2D eigenvalue weighted by atomic mass is 16.6. The molecule has 0 radical (unpaired) electrons. The van der Waals surface area contributed by atoms with Gasteiger partial charge in [-0.3, -0.25) is 14.9 Å². The highest BCUT2D eigenvalue weighted by Gasteiger charge is 2.69. The van der Waals surface area contributed by atoms with Crippen molar-refractivity contribution in [2.24, 2.45) is 11.8 Å². The van der Waals surface area contributed by atoms with Gasteiger partial charge in [0.05, 0.1) is 24.6 Å². The van der Waals surface area contributed by atoms with Gasteiger partial charge < -0.3 is 19.1 Å². The standard InChI is InChI=1S/C30H29N3O6/c1-32(2)20-11-9-18(10-12-20)26-24-25(30(31-26,29(36)37-3)19-7-5-4-6-8-19)28(35)33(27(24)34)21-13-14-22-23(17-21)39-16-15-38-22/h4-14,17,24-26,31H,15-16H2,1-3H3/t24-,25-,26+,30+/m0/s1. The lowest BCUT2D eigenvalue weighted by Crippen LogP contribution is -2.53. The van der Waals surface area contributed by atoms with Crippen molar-refractivity contribution in [3.8, 4) is 11.5 Å². The number of nitrogens with one attached hydrogen (secondary N) is 1. The molecule has 3 aliphatic heterocycles. The summed E-state index contributed by atoms with van der Waals surface area (Å²) in [4.78, 5) is 45.3. The van der Waals surface area contributed by atoms with E-state index in [1.54, 1.807) is 42.5 Å². The SMILES string of the molecule is COC(=O)[C@]1(c2ccccc2)N[C@H](c2ccc(N(C)C)cc2)[C@H]2C(=O)N(c3ccc4c(c3)OCCO4)C(=O)[C@H]21. The topological polar surface area (TPSA) is 97.4 Å². The minimum Gasteiger partial charge on any atom is -0.486 e. The Kier molecular flexibility index (Phi) is 6.03. The van der Waals surface area contributed by atoms with Crippen LogP contribution in [0.2, 0.25) is 0 Å². The second-order valence-corrected chi connectivity index (χ2v) is 10.1. The zero-order chi connectivity index (χ0) is 27.3. The minimum atomic E-state index is -1.57. The number of methoxy groups -OCH3 is 1. The van der Waals surface area contributed by atoms with Crippen LogP contribution in [0.4, 0.5) is 11.4 Å². The zero-order valence-corrected chi connectivity index (χ0v) is 21.9. The van der Waals surface area contributed by atoms with Gasteiger partial charge in [0.2, 0.25) is 11.8 Å². The Labute approximate surface area is 226 Å². The van der Waals surface area contributed by atoms with E-state index < -0.39 is 41.2 Å². The summed E-state index contributed by atoms with van der Waals surface area (Å²) >= 11 is 0. The molecule has 0 saturated carbocycles. The second-order valence-electron chi connectivity index (χ2n) is 10.1. The molecule has 2 saturated heterocycles. The summed E-state index contributed by atoms with van der Waals surface area (Å²) < 4.78 is 16.6. The fourth-order valence-corrected chi connectivity index (χ4v) is 6.03. The first-order chi connectivity index (χ1) is 18.9. The number of ether oxygens (including phenoxy) is 3. The van der Waals surface area contributed by atoms with Crippen LogP contribution in [0.1, 0.15) is 17.2 Å². The Morgan fingerprint density at radius 1 is 0.949 bits per heavy atom. The van der Waals surface area contributed by atoms with Gasteiger partial charge in [0.1, 0.15) is 13.2 Å². The van der Waals surface area contributed by atoms with Crippen molar-refractivity contribution in [1.29, 1.82) is 0 Å². The lowest BCUT2D eigenvalue weighted by atomic mass is 9.75. The van der Waals surface area contributed by atoms with Crippen molar-refractivity contribution in [2.75, 3.05) is 44.2 Å². The number of nitrogens with zero attached hydrogens (tertiary/aromatic N) is 2. The molecule has 200 valence electrons. The first kappa shape index (κ1) is 24.9. The van der Waals surface area contributed by atoms with Crippen LogP contribution in [0, 0.1) is 11.8 Å². The summed E-state index contributed by atoms with van der Waals surface area (Å²) in [7, 11) is 5.19. The molecular formula is C30H29N3O6. The van der Waals surface area contributed by atoms with E-state index >= 15 is 0 Å². The quantitative estimate of drug-likeness (QED) is 0.400. The molecule has 9 heteroatoms. The van der Waals surface area contributed by atoms with Gasteiger partial charge in [0.15, 0.2) is 17.0 Å². The lowest BCUT2D eigenvalue weighted by molar-refractivity contribution is -0.152. The maximum absolute atomic E-state index is 14.3. The molecule has 1 N–H and O–H groups in total. The fraction of sp³-hybridized carbons (Fsp3) is 0.300. The lowest BCUT2D eigenvalue weighted by Gasteiger charge is -2.33. The third-order valence-corrected chi connectivity index (χ3v) is 7.85. The molecule has 4 atom stereocenters. The average molecular weight is 528 g/mol. The summed E-state index contributed by atoms with van der Waals surface area (Å²) in [6.07, 6.45) is 0. The fourth-order valence-electron chi connectivity index (χ4n) is 6.03. The van der Waals surface area contributed by atoms with Gasteiger partial charge >= 0.3 is 5.97 Å². The van der Waals surface area contributed by atoms with Crippen molar-refractivity contribution in [1.82, 2.24) is 5.32 Å². The van der Waals surface area contributed by atoms with Gasteiger partial charge in [0.25, 0.3) is 0 Å². The Morgan fingerprint density at radius 3 is 2.31 bits per heavy atom. The molecule has 0 aliphatic carbocycles. The van der Waals surface area contributed by atoms with E-state index in [0.29, 0.717) is 36.0 Å². The van der Waals surface area contributed by atoms with Gasteiger partial charge in [-0.1, -0.05) is 42.5 Å². The van der Waals surface area contributed by atoms with Crippen LogP contribution in [-0.2, 0) is 24.7 Å². The molecule has 6 rings (SSSR count). The maximum atomic E-state index is 14.3. The predicted octanol–water partition coefficient (Wildman–Crippen LogP) is 3.04.